The van der Waals surface area contributed by atoms with Crippen LogP contribution in [0.4, 0.5) is 5.69 Å². The normalized spacial score (nSPS) is 12.1. The summed E-state index contributed by atoms with van der Waals surface area (Å²) in [5.41, 5.74) is 0.365. The monoisotopic (exact) mass is 411 g/mol. The van der Waals surface area contributed by atoms with Gasteiger partial charge in [-0.3, -0.25) is 4.79 Å². The molecule has 0 radical (unpaired) electrons. The summed E-state index contributed by atoms with van der Waals surface area (Å²) in [6.07, 6.45) is -0.117. The summed E-state index contributed by atoms with van der Waals surface area (Å²) in [4.78, 5) is 24.4. The van der Waals surface area contributed by atoms with Crippen LogP contribution >= 0.6 is 11.6 Å². The van der Waals surface area contributed by atoms with Crippen LogP contribution in [0.2, 0.25) is 5.02 Å². The molecule has 0 aliphatic rings. The molecule has 0 unspecified atom stereocenters. The number of esters is 1. The highest BCUT2D eigenvalue weighted by Gasteiger charge is 2.22. The third-order valence-corrected chi connectivity index (χ3v) is 5.04. The molecule has 0 aliphatic heterocycles. The first-order chi connectivity index (χ1) is 12.6. The molecule has 1 atom stereocenters. The predicted octanol–water partition coefficient (Wildman–Crippen LogP) is 2.94. The van der Waals surface area contributed by atoms with Crippen molar-refractivity contribution in [1.29, 1.82) is 0 Å². The fourth-order valence-corrected chi connectivity index (χ4v) is 2.93. The lowest BCUT2D eigenvalue weighted by atomic mass is 10.2. The van der Waals surface area contributed by atoms with Crippen molar-refractivity contribution in [1.82, 2.24) is 0 Å². The van der Waals surface area contributed by atoms with Gasteiger partial charge >= 0.3 is 5.97 Å². The lowest BCUT2D eigenvalue weighted by molar-refractivity contribution is -0.123. The van der Waals surface area contributed by atoms with Crippen LogP contribution in [0.15, 0.2) is 47.4 Å². The summed E-state index contributed by atoms with van der Waals surface area (Å²) in [6.45, 7) is 1.39. The average Bonchev–Trinajstić information content (AvgIpc) is 2.61. The van der Waals surface area contributed by atoms with Gasteiger partial charge in [-0.15, -0.1) is 0 Å². The smallest absolute Gasteiger partial charge is 0.340 e. The van der Waals surface area contributed by atoms with E-state index in [0.717, 1.165) is 12.3 Å². The van der Waals surface area contributed by atoms with E-state index in [0.29, 0.717) is 11.4 Å². The lowest BCUT2D eigenvalue weighted by Crippen LogP contribution is -2.30. The van der Waals surface area contributed by atoms with E-state index in [1.807, 2.05) is 0 Å². The zero-order valence-electron chi connectivity index (χ0n) is 14.9. The van der Waals surface area contributed by atoms with Crippen LogP contribution in [0, 0.1) is 0 Å². The Hall–Kier alpha value is -2.58. The maximum absolute atomic E-state index is 12.3. The van der Waals surface area contributed by atoms with E-state index in [2.05, 4.69) is 5.32 Å². The molecule has 0 saturated heterocycles. The zero-order valence-corrected chi connectivity index (χ0v) is 16.4. The van der Waals surface area contributed by atoms with Crippen LogP contribution in [0.3, 0.4) is 0 Å². The SMILES string of the molecule is COc1ccc(NC(=O)[C@H](C)OC(=O)c2cc(S(C)(=O)=O)ccc2Cl)cc1. The van der Waals surface area contributed by atoms with Gasteiger partial charge < -0.3 is 14.8 Å². The van der Waals surface area contributed by atoms with Gasteiger partial charge in [-0.05, 0) is 49.4 Å². The number of sulfone groups is 1. The highest BCUT2D eigenvalue weighted by Crippen LogP contribution is 2.22. The Balaban J connectivity index is 2.09. The van der Waals surface area contributed by atoms with Gasteiger partial charge in [-0.1, -0.05) is 11.6 Å². The second kappa shape index (κ2) is 8.41. The number of hydrogen-bond acceptors (Lipinski definition) is 6. The Morgan fingerprint density at radius 1 is 1.11 bits per heavy atom. The van der Waals surface area contributed by atoms with Crippen molar-refractivity contribution in [2.24, 2.45) is 0 Å². The third-order valence-electron chi connectivity index (χ3n) is 3.60. The quantitative estimate of drug-likeness (QED) is 0.734. The Labute approximate surface area is 162 Å². The van der Waals surface area contributed by atoms with Crippen LogP contribution in [-0.2, 0) is 19.4 Å². The standard InChI is InChI=1S/C18H18ClNO6S/c1-11(17(21)20-12-4-6-13(25-2)7-5-12)26-18(22)15-10-14(27(3,23)24)8-9-16(15)19/h4-11H,1-3H3,(H,20,21)/t11-/m0/s1. The van der Waals surface area contributed by atoms with Gasteiger partial charge in [0.05, 0.1) is 22.6 Å². The van der Waals surface area contributed by atoms with E-state index in [9.17, 15) is 18.0 Å². The van der Waals surface area contributed by atoms with Gasteiger partial charge in [0.15, 0.2) is 15.9 Å². The highest BCUT2D eigenvalue weighted by atomic mass is 35.5. The van der Waals surface area contributed by atoms with Crippen molar-refractivity contribution in [2.45, 2.75) is 17.9 Å². The fourth-order valence-electron chi connectivity index (χ4n) is 2.09. The van der Waals surface area contributed by atoms with Crippen molar-refractivity contribution in [2.75, 3.05) is 18.7 Å². The van der Waals surface area contributed by atoms with Crippen LogP contribution in [0.5, 0.6) is 5.75 Å². The molecule has 1 N–H and O–H groups in total. The third kappa shape index (κ3) is 5.45. The number of ether oxygens (including phenoxy) is 2. The average molecular weight is 412 g/mol. The second-order valence-corrected chi connectivity index (χ2v) is 8.10. The summed E-state index contributed by atoms with van der Waals surface area (Å²) in [6, 6.07) is 10.3. The van der Waals surface area contributed by atoms with Crippen molar-refractivity contribution in [3.63, 3.8) is 0 Å². The highest BCUT2D eigenvalue weighted by molar-refractivity contribution is 7.90. The van der Waals surface area contributed by atoms with E-state index < -0.39 is 27.8 Å². The molecular formula is C18H18ClNO6S. The molecule has 27 heavy (non-hydrogen) atoms. The van der Waals surface area contributed by atoms with Crippen LogP contribution < -0.4 is 10.1 Å². The fraction of sp³-hybridized carbons (Fsp3) is 0.222. The molecule has 9 heteroatoms. The number of rotatable bonds is 6. The van der Waals surface area contributed by atoms with Crippen molar-refractivity contribution >= 4 is 39.0 Å². The number of carbonyl (C=O) groups excluding carboxylic acids is 2. The Morgan fingerprint density at radius 3 is 2.30 bits per heavy atom. The van der Waals surface area contributed by atoms with Gasteiger partial charge in [0.1, 0.15) is 5.75 Å². The van der Waals surface area contributed by atoms with E-state index in [4.69, 9.17) is 21.1 Å². The second-order valence-electron chi connectivity index (χ2n) is 5.68. The summed E-state index contributed by atoms with van der Waals surface area (Å²) < 4.78 is 33.4. The Kier molecular flexibility index (Phi) is 6.45. The van der Waals surface area contributed by atoms with Crippen LogP contribution in [0.25, 0.3) is 0 Å². The number of hydrogen-bond donors (Lipinski definition) is 1. The van der Waals surface area contributed by atoms with Gasteiger partial charge in [0.25, 0.3) is 5.91 Å². The minimum Gasteiger partial charge on any atom is -0.497 e. The number of anilines is 1. The van der Waals surface area contributed by atoms with E-state index in [1.165, 1.54) is 26.2 Å². The predicted molar refractivity (Wildman–Crippen MR) is 101 cm³/mol. The first kappa shape index (κ1) is 20.7. The van der Waals surface area contributed by atoms with Crippen molar-refractivity contribution < 1.29 is 27.5 Å². The number of halogens is 1. The number of amides is 1. The van der Waals surface area contributed by atoms with Gasteiger partial charge in [-0.2, -0.15) is 0 Å². The maximum Gasteiger partial charge on any atom is 0.340 e. The number of methoxy groups -OCH3 is 1. The molecule has 1 amide bonds. The molecule has 2 aromatic carbocycles. The number of benzene rings is 2. The first-order valence-corrected chi connectivity index (χ1v) is 10.0. The summed E-state index contributed by atoms with van der Waals surface area (Å²) in [7, 11) is -2.00. The van der Waals surface area contributed by atoms with Crippen molar-refractivity contribution in [3.8, 4) is 5.75 Å². The van der Waals surface area contributed by atoms with Crippen molar-refractivity contribution in [3.05, 3.63) is 53.1 Å². The molecule has 0 aromatic heterocycles. The number of nitrogens with one attached hydrogen (secondary N) is 1. The maximum atomic E-state index is 12.3. The number of carbonyl (C=O) groups is 2. The minimum atomic E-state index is -3.52. The van der Waals surface area contributed by atoms with Crippen LogP contribution in [0.1, 0.15) is 17.3 Å². The zero-order chi connectivity index (χ0) is 20.2. The van der Waals surface area contributed by atoms with Gasteiger partial charge in [0.2, 0.25) is 0 Å². The van der Waals surface area contributed by atoms with Gasteiger partial charge in [-0.25, -0.2) is 13.2 Å². The molecule has 2 rings (SSSR count). The largest absolute Gasteiger partial charge is 0.497 e. The molecule has 0 spiro atoms. The summed E-state index contributed by atoms with van der Waals surface area (Å²) in [5, 5.41) is 2.62. The lowest BCUT2D eigenvalue weighted by Gasteiger charge is -2.14. The Bertz CT molecular complexity index is 956. The Morgan fingerprint density at radius 2 is 1.74 bits per heavy atom. The van der Waals surface area contributed by atoms with Gasteiger partial charge in [0, 0.05) is 11.9 Å². The van der Waals surface area contributed by atoms with Crippen LogP contribution in [-0.4, -0.2) is 39.8 Å². The topological polar surface area (TPSA) is 98.8 Å². The minimum absolute atomic E-state index is 0.0233. The molecule has 0 saturated carbocycles. The molecule has 0 aliphatic carbocycles. The molecule has 144 valence electrons. The van der Waals surface area contributed by atoms with E-state index in [-0.39, 0.29) is 15.5 Å². The molecule has 0 bridgehead atoms. The first-order valence-electron chi connectivity index (χ1n) is 7.77. The molecule has 0 heterocycles. The molecule has 2 aromatic rings. The molecule has 7 nitrogen and oxygen atoms in total. The molecular weight excluding hydrogens is 394 g/mol. The summed E-state index contributed by atoms with van der Waals surface area (Å²) >= 11 is 5.95. The van der Waals surface area contributed by atoms with E-state index >= 15 is 0 Å². The van der Waals surface area contributed by atoms with E-state index in [1.54, 1.807) is 24.3 Å². The molecule has 0 fully saturated rings. The summed E-state index contributed by atoms with van der Waals surface area (Å²) in [5.74, 6) is -0.820.